The standard InChI is InChI=1S/C17H24N4S.HI/c1-3-18-17(21-13-16-20-12-14(2)22-16)19-11-7-10-15-8-5-4-6-9-15;/h4-6,8-9,12H,3,7,10-11,13H2,1-2H3,(H2,18,19,21);1H. The van der Waals surface area contributed by atoms with Crippen molar-refractivity contribution in [3.05, 3.63) is 52.0 Å². The first kappa shape index (κ1) is 19.9. The Bertz CT molecular complexity index is 583. The van der Waals surface area contributed by atoms with Gasteiger partial charge in [0.2, 0.25) is 0 Å². The van der Waals surface area contributed by atoms with Crippen LogP contribution in [0.25, 0.3) is 0 Å². The van der Waals surface area contributed by atoms with Crippen molar-refractivity contribution >= 4 is 41.3 Å². The third-order valence-corrected chi connectivity index (χ3v) is 4.06. The van der Waals surface area contributed by atoms with Gasteiger partial charge in [0.15, 0.2) is 5.96 Å². The van der Waals surface area contributed by atoms with E-state index >= 15 is 0 Å². The van der Waals surface area contributed by atoms with Crippen LogP contribution in [0.2, 0.25) is 0 Å². The molecule has 0 radical (unpaired) electrons. The lowest BCUT2D eigenvalue weighted by atomic mass is 10.1. The lowest BCUT2D eigenvalue weighted by Gasteiger charge is -2.10. The monoisotopic (exact) mass is 444 g/mol. The lowest BCUT2D eigenvalue weighted by Crippen LogP contribution is -2.37. The van der Waals surface area contributed by atoms with Crippen molar-refractivity contribution in [3.63, 3.8) is 0 Å². The van der Waals surface area contributed by atoms with Crippen LogP contribution in [0.5, 0.6) is 0 Å². The number of hydrogen-bond donors (Lipinski definition) is 2. The number of benzene rings is 1. The Kier molecular flexibility index (Phi) is 9.86. The van der Waals surface area contributed by atoms with E-state index in [2.05, 4.69) is 64.8 Å². The molecule has 126 valence electrons. The number of thiazole rings is 1. The van der Waals surface area contributed by atoms with Crippen LogP contribution >= 0.6 is 35.3 Å². The first-order valence-electron chi connectivity index (χ1n) is 7.75. The summed E-state index contributed by atoms with van der Waals surface area (Å²) in [7, 11) is 0. The first-order chi connectivity index (χ1) is 10.8. The molecule has 0 fully saturated rings. The normalized spacial score (nSPS) is 11.0. The van der Waals surface area contributed by atoms with Gasteiger partial charge in [0, 0.05) is 24.2 Å². The molecule has 1 aromatic carbocycles. The maximum Gasteiger partial charge on any atom is 0.191 e. The molecule has 1 heterocycles. The second-order valence-corrected chi connectivity index (χ2v) is 6.40. The quantitative estimate of drug-likeness (QED) is 0.296. The van der Waals surface area contributed by atoms with E-state index in [1.807, 2.05) is 6.20 Å². The minimum Gasteiger partial charge on any atom is -0.357 e. The average Bonchev–Trinajstić information content (AvgIpc) is 2.95. The molecular formula is C17H25IN4S. The highest BCUT2D eigenvalue weighted by Gasteiger charge is 2.00. The zero-order valence-electron chi connectivity index (χ0n) is 13.7. The SMILES string of the molecule is CCNC(=NCc1ncc(C)s1)NCCCc1ccccc1.I. The van der Waals surface area contributed by atoms with E-state index < -0.39 is 0 Å². The number of halogens is 1. The van der Waals surface area contributed by atoms with E-state index in [-0.39, 0.29) is 24.0 Å². The van der Waals surface area contributed by atoms with Crippen molar-refractivity contribution in [1.82, 2.24) is 15.6 Å². The zero-order chi connectivity index (χ0) is 15.6. The largest absolute Gasteiger partial charge is 0.357 e. The Balaban J connectivity index is 0.00000264. The summed E-state index contributed by atoms with van der Waals surface area (Å²) in [5.74, 6) is 0.864. The summed E-state index contributed by atoms with van der Waals surface area (Å²) >= 11 is 1.70. The van der Waals surface area contributed by atoms with E-state index in [1.165, 1.54) is 10.4 Å². The molecule has 0 aliphatic heterocycles. The molecule has 2 N–H and O–H groups in total. The van der Waals surface area contributed by atoms with Crippen LogP contribution in [-0.2, 0) is 13.0 Å². The fourth-order valence-electron chi connectivity index (χ4n) is 2.11. The maximum atomic E-state index is 4.58. The molecule has 4 nitrogen and oxygen atoms in total. The number of hydrogen-bond acceptors (Lipinski definition) is 3. The molecule has 2 rings (SSSR count). The first-order valence-corrected chi connectivity index (χ1v) is 8.57. The predicted molar refractivity (Wildman–Crippen MR) is 110 cm³/mol. The van der Waals surface area contributed by atoms with Gasteiger partial charge in [-0.3, -0.25) is 0 Å². The highest BCUT2D eigenvalue weighted by atomic mass is 127. The van der Waals surface area contributed by atoms with Crippen LogP contribution in [0, 0.1) is 6.92 Å². The van der Waals surface area contributed by atoms with E-state index in [1.54, 1.807) is 11.3 Å². The molecule has 0 aliphatic carbocycles. The molecule has 6 heteroatoms. The molecule has 0 bridgehead atoms. The molecule has 0 amide bonds. The molecule has 0 saturated heterocycles. The Morgan fingerprint density at radius 3 is 2.65 bits per heavy atom. The molecule has 0 unspecified atom stereocenters. The second kappa shape index (κ2) is 11.4. The van der Waals surface area contributed by atoms with Crippen molar-refractivity contribution in [2.24, 2.45) is 4.99 Å². The average molecular weight is 444 g/mol. The molecule has 0 aliphatic rings. The fourth-order valence-corrected chi connectivity index (χ4v) is 2.82. The van der Waals surface area contributed by atoms with Gasteiger partial charge in [-0.25, -0.2) is 9.98 Å². The summed E-state index contributed by atoms with van der Waals surface area (Å²) in [5, 5.41) is 7.71. The number of rotatable bonds is 7. The van der Waals surface area contributed by atoms with Crippen molar-refractivity contribution in [2.45, 2.75) is 33.2 Å². The van der Waals surface area contributed by atoms with Gasteiger partial charge < -0.3 is 10.6 Å². The minimum absolute atomic E-state index is 0. The summed E-state index contributed by atoms with van der Waals surface area (Å²) in [6.45, 7) is 6.55. The Labute approximate surface area is 159 Å². The van der Waals surface area contributed by atoms with E-state index in [4.69, 9.17) is 0 Å². The van der Waals surface area contributed by atoms with Crippen LogP contribution in [0.4, 0.5) is 0 Å². The van der Waals surface area contributed by atoms with Gasteiger partial charge in [0.05, 0.1) is 6.54 Å². The van der Waals surface area contributed by atoms with Crippen LogP contribution in [0.1, 0.15) is 28.8 Å². The molecule has 2 aromatic rings. The number of guanidine groups is 1. The molecule has 0 spiro atoms. The van der Waals surface area contributed by atoms with Gasteiger partial charge >= 0.3 is 0 Å². The summed E-state index contributed by atoms with van der Waals surface area (Å²) in [6, 6.07) is 10.6. The topological polar surface area (TPSA) is 49.3 Å². The number of aromatic nitrogens is 1. The van der Waals surface area contributed by atoms with Gasteiger partial charge in [0.1, 0.15) is 5.01 Å². The van der Waals surface area contributed by atoms with Crippen LogP contribution in [0.3, 0.4) is 0 Å². The van der Waals surface area contributed by atoms with Gasteiger partial charge in [-0.05, 0) is 32.3 Å². The van der Waals surface area contributed by atoms with E-state index in [0.29, 0.717) is 6.54 Å². The van der Waals surface area contributed by atoms with Crippen LogP contribution in [0.15, 0.2) is 41.5 Å². The minimum atomic E-state index is 0. The van der Waals surface area contributed by atoms with Gasteiger partial charge in [-0.1, -0.05) is 30.3 Å². The van der Waals surface area contributed by atoms with Crippen molar-refractivity contribution in [2.75, 3.05) is 13.1 Å². The van der Waals surface area contributed by atoms with E-state index in [0.717, 1.165) is 36.9 Å². The second-order valence-electron chi connectivity index (χ2n) is 5.08. The third kappa shape index (κ3) is 7.78. The lowest BCUT2D eigenvalue weighted by molar-refractivity contribution is 0.743. The van der Waals surface area contributed by atoms with Crippen molar-refractivity contribution < 1.29 is 0 Å². The Hall–Kier alpha value is -1.15. The molecular weight excluding hydrogens is 419 g/mol. The predicted octanol–water partition coefficient (Wildman–Crippen LogP) is 3.76. The number of aryl methyl sites for hydroxylation is 2. The number of nitrogens with one attached hydrogen (secondary N) is 2. The third-order valence-electron chi connectivity index (χ3n) is 3.16. The summed E-state index contributed by atoms with van der Waals surface area (Å²) in [6.07, 6.45) is 4.07. The van der Waals surface area contributed by atoms with Gasteiger partial charge in [-0.2, -0.15) is 0 Å². The molecule has 23 heavy (non-hydrogen) atoms. The number of aliphatic imine (C=N–C) groups is 1. The number of nitrogens with zero attached hydrogens (tertiary/aromatic N) is 2. The van der Waals surface area contributed by atoms with Crippen LogP contribution < -0.4 is 10.6 Å². The highest BCUT2D eigenvalue weighted by molar-refractivity contribution is 14.0. The van der Waals surface area contributed by atoms with Crippen molar-refractivity contribution in [1.29, 1.82) is 0 Å². The zero-order valence-corrected chi connectivity index (χ0v) is 16.9. The Morgan fingerprint density at radius 2 is 2.00 bits per heavy atom. The summed E-state index contributed by atoms with van der Waals surface area (Å²) in [4.78, 5) is 10.2. The van der Waals surface area contributed by atoms with Crippen molar-refractivity contribution in [3.8, 4) is 0 Å². The summed E-state index contributed by atoms with van der Waals surface area (Å²) < 4.78 is 0. The smallest absolute Gasteiger partial charge is 0.191 e. The fraction of sp³-hybridized carbons (Fsp3) is 0.412. The molecule has 0 atom stereocenters. The van der Waals surface area contributed by atoms with Gasteiger partial charge in [0.25, 0.3) is 0 Å². The Morgan fingerprint density at radius 1 is 1.22 bits per heavy atom. The highest BCUT2D eigenvalue weighted by Crippen LogP contribution is 2.11. The molecule has 0 saturated carbocycles. The summed E-state index contributed by atoms with van der Waals surface area (Å²) in [5.41, 5.74) is 1.38. The van der Waals surface area contributed by atoms with Crippen LogP contribution in [-0.4, -0.2) is 24.0 Å². The molecule has 1 aromatic heterocycles. The van der Waals surface area contributed by atoms with E-state index in [9.17, 15) is 0 Å². The maximum absolute atomic E-state index is 4.58. The van der Waals surface area contributed by atoms with Gasteiger partial charge in [-0.15, -0.1) is 35.3 Å².